The highest BCUT2D eigenvalue weighted by Gasteiger charge is 2.13. The molecule has 110 valence electrons. The molecule has 2 aromatic rings. The number of nitrogens with two attached hydrogens (primary N) is 1. The molecule has 21 heavy (non-hydrogen) atoms. The molecule has 3 rings (SSSR count). The highest BCUT2D eigenvalue weighted by molar-refractivity contribution is 5.41. The number of benzene rings is 1. The van der Waals surface area contributed by atoms with E-state index in [-0.39, 0.29) is 6.04 Å². The molecule has 2 N–H and O–H groups in total. The van der Waals surface area contributed by atoms with Crippen LogP contribution in [0, 0.1) is 0 Å². The molecule has 0 amide bonds. The first-order valence-electron chi connectivity index (χ1n) is 7.86. The van der Waals surface area contributed by atoms with Gasteiger partial charge in [0.15, 0.2) is 0 Å². The number of aromatic nitrogens is 1. The molecule has 0 aliphatic carbocycles. The SMILES string of the molecule is N[C@H](c1ccccc1)c1ccc(N2CCCCCC2)nc1. The molecule has 2 heterocycles. The summed E-state index contributed by atoms with van der Waals surface area (Å²) in [7, 11) is 0. The molecular weight excluding hydrogens is 258 g/mol. The Hall–Kier alpha value is -1.87. The maximum absolute atomic E-state index is 6.32. The number of anilines is 1. The van der Waals surface area contributed by atoms with Crippen molar-refractivity contribution in [3.8, 4) is 0 Å². The van der Waals surface area contributed by atoms with E-state index >= 15 is 0 Å². The monoisotopic (exact) mass is 281 g/mol. The van der Waals surface area contributed by atoms with Crippen LogP contribution in [0.15, 0.2) is 48.7 Å². The second kappa shape index (κ2) is 6.72. The van der Waals surface area contributed by atoms with E-state index in [1.807, 2.05) is 24.4 Å². The largest absolute Gasteiger partial charge is 0.357 e. The molecule has 1 saturated heterocycles. The summed E-state index contributed by atoms with van der Waals surface area (Å²) < 4.78 is 0. The molecular formula is C18H23N3. The fourth-order valence-corrected chi connectivity index (χ4v) is 2.92. The van der Waals surface area contributed by atoms with Crippen molar-refractivity contribution in [2.45, 2.75) is 31.7 Å². The Bertz CT molecular complexity index is 542. The molecule has 0 bridgehead atoms. The van der Waals surface area contributed by atoms with Gasteiger partial charge in [-0.3, -0.25) is 0 Å². The number of nitrogens with zero attached hydrogens (tertiary/aromatic N) is 2. The predicted octanol–water partition coefficient (Wildman–Crippen LogP) is 3.51. The van der Waals surface area contributed by atoms with Gasteiger partial charge in [-0.2, -0.15) is 0 Å². The van der Waals surface area contributed by atoms with Crippen LogP contribution in [0.25, 0.3) is 0 Å². The van der Waals surface area contributed by atoms with Crippen molar-refractivity contribution in [3.05, 3.63) is 59.8 Å². The zero-order valence-corrected chi connectivity index (χ0v) is 12.4. The van der Waals surface area contributed by atoms with Crippen LogP contribution in [0.4, 0.5) is 5.82 Å². The lowest BCUT2D eigenvalue weighted by atomic mass is 10.0. The Morgan fingerprint density at radius 1 is 0.857 bits per heavy atom. The smallest absolute Gasteiger partial charge is 0.128 e. The first-order chi connectivity index (χ1) is 10.3. The van der Waals surface area contributed by atoms with E-state index in [1.54, 1.807) is 0 Å². The van der Waals surface area contributed by atoms with Crippen LogP contribution >= 0.6 is 0 Å². The molecule has 1 aliphatic heterocycles. The third kappa shape index (κ3) is 3.42. The minimum atomic E-state index is -0.100. The van der Waals surface area contributed by atoms with Gasteiger partial charge in [-0.05, 0) is 30.0 Å². The Morgan fingerprint density at radius 2 is 1.57 bits per heavy atom. The number of rotatable bonds is 3. The summed E-state index contributed by atoms with van der Waals surface area (Å²) >= 11 is 0. The van der Waals surface area contributed by atoms with E-state index in [4.69, 9.17) is 5.73 Å². The van der Waals surface area contributed by atoms with Crippen molar-refractivity contribution < 1.29 is 0 Å². The van der Waals surface area contributed by atoms with Crippen LogP contribution in [0.5, 0.6) is 0 Å². The summed E-state index contributed by atoms with van der Waals surface area (Å²) in [6, 6.07) is 14.3. The minimum Gasteiger partial charge on any atom is -0.357 e. The number of pyridine rings is 1. The quantitative estimate of drug-likeness (QED) is 0.936. The number of hydrogen-bond donors (Lipinski definition) is 1. The van der Waals surface area contributed by atoms with Crippen molar-refractivity contribution in [1.82, 2.24) is 4.98 Å². The van der Waals surface area contributed by atoms with Gasteiger partial charge < -0.3 is 10.6 Å². The average molecular weight is 281 g/mol. The van der Waals surface area contributed by atoms with Crippen molar-refractivity contribution in [2.75, 3.05) is 18.0 Å². The fraction of sp³-hybridized carbons (Fsp3) is 0.389. The molecule has 3 heteroatoms. The molecule has 1 fully saturated rings. The van der Waals surface area contributed by atoms with Crippen molar-refractivity contribution in [3.63, 3.8) is 0 Å². The molecule has 1 atom stereocenters. The highest BCUT2D eigenvalue weighted by atomic mass is 15.2. The minimum absolute atomic E-state index is 0.100. The lowest BCUT2D eigenvalue weighted by Crippen LogP contribution is -2.25. The van der Waals surface area contributed by atoms with E-state index in [2.05, 4.69) is 34.1 Å². The van der Waals surface area contributed by atoms with Gasteiger partial charge in [0.1, 0.15) is 5.82 Å². The van der Waals surface area contributed by atoms with Crippen LogP contribution in [0.2, 0.25) is 0 Å². The van der Waals surface area contributed by atoms with Crippen LogP contribution in [-0.2, 0) is 0 Å². The lowest BCUT2D eigenvalue weighted by Gasteiger charge is -2.22. The molecule has 0 spiro atoms. The summed E-state index contributed by atoms with van der Waals surface area (Å²) in [4.78, 5) is 7.03. The van der Waals surface area contributed by atoms with Gasteiger partial charge in [0, 0.05) is 19.3 Å². The molecule has 1 aromatic heterocycles. The lowest BCUT2D eigenvalue weighted by molar-refractivity contribution is 0.726. The van der Waals surface area contributed by atoms with Crippen molar-refractivity contribution in [1.29, 1.82) is 0 Å². The van der Waals surface area contributed by atoms with Gasteiger partial charge in [-0.15, -0.1) is 0 Å². The standard InChI is InChI=1S/C18H23N3/c19-18(15-8-4-3-5-9-15)16-10-11-17(20-14-16)21-12-6-1-2-7-13-21/h3-5,8-11,14,18H,1-2,6-7,12-13,19H2/t18-/m1/s1. The molecule has 1 aliphatic rings. The number of hydrogen-bond acceptors (Lipinski definition) is 3. The van der Waals surface area contributed by atoms with Crippen LogP contribution < -0.4 is 10.6 Å². The van der Waals surface area contributed by atoms with Gasteiger partial charge in [-0.1, -0.05) is 49.2 Å². The zero-order valence-electron chi connectivity index (χ0n) is 12.4. The highest BCUT2D eigenvalue weighted by Crippen LogP contribution is 2.22. The summed E-state index contributed by atoms with van der Waals surface area (Å²) in [5.41, 5.74) is 8.51. The Labute approximate surface area is 126 Å². The Morgan fingerprint density at radius 3 is 2.19 bits per heavy atom. The van der Waals surface area contributed by atoms with Crippen molar-refractivity contribution in [2.24, 2.45) is 5.73 Å². The molecule has 0 unspecified atom stereocenters. The maximum atomic E-state index is 6.32. The van der Waals surface area contributed by atoms with E-state index in [0.29, 0.717) is 0 Å². The third-order valence-electron chi connectivity index (χ3n) is 4.22. The molecule has 3 nitrogen and oxygen atoms in total. The first kappa shape index (κ1) is 14.1. The second-order valence-corrected chi connectivity index (χ2v) is 5.74. The predicted molar refractivity (Wildman–Crippen MR) is 87.4 cm³/mol. The van der Waals surface area contributed by atoms with E-state index < -0.39 is 0 Å². The Balaban J connectivity index is 1.74. The van der Waals surface area contributed by atoms with Crippen LogP contribution in [-0.4, -0.2) is 18.1 Å². The normalized spacial score (nSPS) is 17.3. The van der Waals surface area contributed by atoms with Crippen LogP contribution in [0.1, 0.15) is 42.9 Å². The van der Waals surface area contributed by atoms with Gasteiger partial charge in [0.25, 0.3) is 0 Å². The third-order valence-corrected chi connectivity index (χ3v) is 4.22. The van der Waals surface area contributed by atoms with E-state index in [1.165, 1.54) is 25.7 Å². The van der Waals surface area contributed by atoms with Gasteiger partial charge in [-0.25, -0.2) is 4.98 Å². The van der Waals surface area contributed by atoms with E-state index in [9.17, 15) is 0 Å². The van der Waals surface area contributed by atoms with E-state index in [0.717, 1.165) is 30.0 Å². The summed E-state index contributed by atoms with van der Waals surface area (Å²) in [5.74, 6) is 1.08. The molecule has 0 saturated carbocycles. The molecule has 1 aromatic carbocycles. The second-order valence-electron chi connectivity index (χ2n) is 5.74. The van der Waals surface area contributed by atoms with Gasteiger partial charge >= 0.3 is 0 Å². The van der Waals surface area contributed by atoms with Gasteiger partial charge in [0.05, 0.1) is 6.04 Å². The fourth-order valence-electron chi connectivity index (χ4n) is 2.92. The summed E-state index contributed by atoms with van der Waals surface area (Å²) in [5, 5.41) is 0. The summed E-state index contributed by atoms with van der Waals surface area (Å²) in [6.07, 6.45) is 7.15. The summed E-state index contributed by atoms with van der Waals surface area (Å²) in [6.45, 7) is 2.24. The topological polar surface area (TPSA) is 42.1 Å². The first-order valence-corrected chi connectivity index (χ1v) is 7.86. The maximum Gasteiger partial charge on any atom is 0.128 e. The van der Waals surface area contributed by atoms with Crippen LogP contribution in [0.3, 0.4) is 0 Å². The molecule has 0 radical (unpaired) electrons. The van der Waals surface area contributed by atoms with Crippen molar-refractivity contribution >= 4 is 5.82 Å². The zero-order chi connectivity index (χ0) is 14.5. The Kier molecular flexibility index (Phi) is 4.51. The van der Waals surface area contributed by atoms with Gasteiger partial charge in [0.2, 0.25) is 0 Å². The average Bonchev–Trinajstić information content (AvgIpc) is 2.84.